The number of carboxylic acid groups (broad SMARTS) is 1. The minimum atomic E-state index is -0.792. The molecule has 2 heterocycles. The predicted molar refractivity (Wildman–Crippen MR) is 94.8 cm³/mol. The summed E-state index contributed by atoms with van der Waals surface area (Å²) in [4.78, 5) is 30.7. The molecule has 0 bridgehead atoms. The summed E-state index contributed by atoms with van der Waals surface area (Å²) in [6.07, 6.45) is 3.56. The second-order valence-electron chi connectivity index (χ2n) is 4.32. The number of aromatic nitrogens is 2. The summed E-state index contributed by atoms with van der Waals surface area (Å²) in [5.74, 6) is 0.288. The van der Waals surface area contributed by atoms with Gasteiger partial charge >= 0.3 is 5.97 Å². The molecule has 2 aromatic heterocycles. The number of carbonyl (C=O) groups is 2. The van der Waals surface area contributed by atoms with Gasteiger partial charge in [-0.15, -0.1) is 11.3 Å². The standard InChI is InChI=1S/C14H15N3O3S3/c18-12(19)3-6-22-23-7-5-16-13(20)11-9-21-14(17-11)10-2-1-4-15-8-10/h1-2,4,8-9H,3,5-7H2,(H,16,20)(H,18,19). The fraction of sp³-hybridized carbons (Fsp3) is 0.286. The molecule has 2 aromatic rings. The molecule has 23 heavy (non-hydrogen) atoms. The van der Waals surface area contributed by atoms with Crippen molar-refractivity contribution in [2.45, 2.75) is 6.42 Å². The maximum atomic E-state index is 12.0. The number of aliphatic carboxylic acids is 1. The molecule has 0 aromatic carbocycles. The molecule has 2 rings (SSSR count). The summed E-state index contributed by atoms with van der Waals surface area (Å²) < 4.78 is 0. The molecule has 0 spiro atoms. The van der Waals surface area contributed by atoms with Crippen LogP contribution in [-0.2, 0) is 4.79 Å². The van der Waals surface area contributed by atoms with Crippen LogP contribution in [0.3, 0.4) is 0 Å². The fourth-order valence-electron chi connectivity index (χ4n) is 1.54. The molecular weight excluding hydrogens is 354 g/mol. The zero-order valence-electron chi connectivity index (χ0n) is 12.1. The topological polar surface area (TPSA) is 92.2 Å². The lowest BCUT2D eigenvalue weighted by Crippen LogP contribution is -2.25. The lowest BCUT2D eigenvalue weighted by molar-refractivity contribution is -0.136. The Morgan fingerprint density at radius 2 is 2.13 bits per heavy atom. The largest absolute Gasteiger partial charge is 0.481 e. The molecule has 0 unspecified atom stereocenters. The van der Waals surface area contributed by atoms with Crippen LogP contribution >= 0.6 is 32.9 Å². The molecule has 0 aliphatic heterocycles. The van der Waals surface area contributed by atoms with Gasteiger partial charge in [-0.25, -0.2) is 4.98 Å². The van der Waals surface area contributed by atoms with Crippen molar-refractivity contribution in [2.75, 3.05) is 18.1 Å². The highest BCUT2D eigenvalue weighted by Gasteiger charge is 2.11. The monoisotopic (exact) mass is 369 g/mol. The third-order valence-electron chi connectivity index (χ3n) is 2.60. The highest BCUT2D eigenvalue weighted by Crippen LogP contribution is 2.23. The van der Waals surface area contributed by atoms with Crippen LogP contribution < -0.4 is 5.32 Å². The first-order valence-electron chi connectivity index (χ1n) is 6.77. The van der Waals surface area contributed by atoms with E-state index in [-0.39, 0.29) is 12.3 Å². The number of rotatable bonds is 9. The summed E-state index contributed by atoms with van der Waals surface area (Å²) in [5.41, 5.74) is 1.29. The first-order chi connectivity index (χ1) is 11.2. The lowest BCUT2D eigenvalue weighted by atomic mass is 10.3. The molecule has 9 heteroatoms. The molecule has 122 valence electrons. The van der Waals surface area contributed by atoms with E-state index in [1.807, 2.05) is 12.1 Å². The lowest BCUT2D eigenvalue weighted by Gasteiger charge is -2.02. The average Bonchev–Trinajstić information content (AvgIpc) is 3.04. The molecule has 0 saturated carbocycles. The normalized spacial score (nSPS) is 10.4. The van der Waals surface area contributed by atoms with E-state index < -0.39 is 5.97 Å². The van der Waals surface area contributed by atoms with Gasteiger partial charge in [0.1, 0.15) is 10.7 Å². The molecule has 6 nitrogen and oxygen atoms in total. The Balaban J connectivity index is 1.70. The Kier molecular flexibility index (Phi) is 7.37. The van der Waals surface area contributed by atoms with Crippen molar-refractivity contribution < 1.29 is 14.7 Å². The molecule has 0 fully saturated rings. The van der Waals surface area contributed by atoms with Gasteiger partial charge in [0.15, 0.2) is 0 Å². The fourth-order valence-corrected chi connectivity index (χ4v) is 4.22. The van der Waals surface area contributed by atoms with Crippen molar-refractivity contribution in [1.29, 1.82) is 0 Å². The third kappa shape index (κ3) is 6.20. The second-order valence-corrected chi connectivity index (χ2v) is 7.88. The number of thiazole rings is 1. The SMILES string of the molecule is O=C(O)CCSSCCNC(=O)c1csc(-c2cccnc2)n1. The van der Waals surface area contributed by atoms with E-state index in [0.29, 0.717) is 18.0 Å². The molecule has 0 aliphatic carbocycles. The van der Waals surface area contributed by atoms with Crippen LogP contribution in [0.2, 0.25) is 0 Å². The third-order valence-corrected chi connectivity index (χ3v) is 5.90. The van der Waals surface area contributed by atoms with Gasteiger partial charge in [-0.1, -0.05) is 21.6 Å². The summed E-state index contributed by atoms with van der Waals surface area (Å²) in [7, 11) is 3.04. The molecule has 0 atom stereocenters. The van der Waals surface area contributed by atoms with Gasteiger partial charge in [-0.2, -0.15) is 0 Å². The Bertz CT molecular complexity index is 649. The number of carboxylic acids is 1. The molecule has 0 aliphatic rings. The van der Waals surface area contributed by atoms with Gasteiger partial charge in [0.05, 0.1) is 6.42 Å². The molecule has 0 saturated heterocycles. The van der Waals surface area contributed by atoms with Crippen molar-refractivity contribution in [2.24, 2.45) is 0 Å². The summed E-state index contributed by atoms with van der Waals surface area (Å²) in [5, 5.41) is 13.8. The van der Waals surface area contributed by atoms with Crippen LogP contribution in [0.15, 0.2) is 29.9 Å². The van der Waals surface area contributed by atoms with Crippen LogP contribution in [0, 0.1) is 0 Å². The summed E-state index contributed by atoms with van der Waals surface area (Å²) >= 11 is 1.41. The van der Waals surface area contributed by atoms with Crippen molar-refractivity contribution in [3.05, 3.63) is 35.6 Å². The zero-order valence-corrected chi connectivity index (χ0v) is 14.5. The van der Waals surface area contributed by atoms with Gasteiger partial charge in [-0.05, 0) is 12.1 Å². The molecule has 2 N–H and O–H groups in total. The van der Waals surface area contributed by atoms with Crippen LogP contribution in [0.25, 0.3) is 10.6 Å². The Morgan fingerprint density at radius 1 is 1.30 bits per heavy atom. The summed E-state index contributed by atoms with van der Waals surface area (Å²) in [6.45, 7) is 0.517. The van der Waals surface area contributed by atoms with Crippen LogP contribution in [-0.4, -0.2) is 45.0 Å². The minimum Gasteiger partial charge on any atom is -0.481 e. The van der Waals surface area contributed by atoms with Gasteiger partial charge in [-0.3, -0.25) is 14.6 Å². The molecule has 0 radical (unpaired) electrons. The van der Waals surface area contributed by atoms with Gasteiger partial charge in [0.2, 0.25) is 0 Å². The van der Waals surface area contributed by atoms with Crippen molar-refractivity contribution in [3.8, 4) is 10.6 Å². The first-order valence-corrected chi connectivity index (χ1v) is 10.1. The first kappa shape index (κ1) is 17.8. The van der Waals surface area contributed by atoms with Gasteiger partial charge < -0.3 is 10.4 Å². The maximum Gasteiger partial charge on any atom is 0.304 e. The van der Waals surface area contributed by atoms with Crippen molar-refractivity contribution in [1.82, 2.24) is 15.3 Å². The van der Waals surface area contributed by atoms with Gasteiger partial charge in [0.25, 0.3) is 5.91 Å². The number of pyridine rings is 1. The van der Waals surface area contributed by atoms with E-state index >= 15 is 0 Å². The van der Waals surface area contributed by atoms with Crippen LogP contribution in [0.4, 0.5) is 0 Å². The van der Waals surface area contributed by atoms with Gasteiger partial charge in [0, 0.05) is 41.4 Å². The number of hydrogen-bond acceptors (Lipinski definition) is 7. The highest BCUT2D eigenvalue weighted by atomic mass is 33.1. The highest BCUT2D eigenvalue weighted by molar-refractivity contribution is 8.76. The van der Waals surface area contributed by atoms with Crippen molar-refractivity contribution in [3.63, 3.8) is 0 Å². The number of amides is 1. The zero-order chi connectivity index (χ0) is 16.5. The van der Waals surface area contributed by atoms with Crippen LogP contribution in [0.1, 0.15) is 16.9 Å². The van der Waals surface area contributed by atoms with E-state index in [9.17, 15) is 9.59 Å². The van der Waals surface area contributed by atoms with E-state index in [4.69, 9.17) is 5.11 Å². The smallest absolute Gasteiger partial charge is 0.304 e. The Hall–Kier alpha value is -1.58. The number of nitrogens with zero attached hydrogens (tertiary/aromatic N) is 2. The van der Waals surface area contributed by atoms with E-state index in [1.54, 1.807) is 28.6 Å². The number of nitrogens with one attached hydrogen (secondary N) is 1. The van der Waals surface area contributed by atoms with E-state index in [2.05, 4.69) is 15.3 Å². The number of carbonyl (C=O) groups excluding carboxylic acids is 1. The van der Waals surface area contributed by atoms with Crippen LogP contribution in [0.5, 0.6) is 0 Å². The summed E-state index contributed by atoms with van der Waals surface area (Å²) in [6, 6.07) is 3.73. The Morgan fingerprint density at radius 3 is 2.87 bits per heavy atom. The molecule has 1 amide bonds. The quantitative estimate of drug-likeness (QED) is 0.518. The second kappa shape index (κ2) is 9.53. The molecular formula is C14H15N3O3S3. The Labute approximate surface area is 145 Å². The van der Waals surface area contributed by atoms with E-state index in [0.717, 1.165) is 16.3 Å². The minimum absolute atomic E-state index is 0.153. The average molecular weight is 369 g/mol. The number of hydrogen-bond donors (Lipinski definition) is 2. The van der Waals surface area contributed by atoms with Crippen molar-refractivity contribution >= 4 is 44.8 Å². The maximum absolute atomic E-state index is 12.0. The predicted octanol–water partition coefficient (Wildman–Crippen LogP) is 2.79. The van der Waals surface area contributed by atoms with E-state index in [1.165, 1.54) is 22.1 Å².